The minimum atomic E-state index is -0.502. The van der Waals surface area contributed by atoms with Crippen molar-refractivity contribution >= 4 is 11.6 Å². The lowest BCUT2D eigenvalue weighted by atomic mass is 10.4. The van der Waals surface area contributed by atoms with E-state index in [1.165, 1.54) is 0 Å². The molecular weight excluding hydrogens is 142 g/mol. The summed E-state index contributed by atoms with van der Waals surface area (Å²) in [4.78, 5) is 0. The van der Waals surface area contributed by atoms with Gasteiger partial charge >= 0.3 is 0 Å². The Kier molecular flexibility index (Phi) is 6.41. The molecule has 0 saturated carbocycles. The van der Waals surface area contributed by atoms with Gasteiger partial charge in [-0.3, -0.25) is 0 Å². The molecule has 0 saturated heterocycles. The minimum absolute atomic E-state index is 0.0923. The van der Waals surface area contributed by atoms with Crippen LogP contribution in [0.1, 0.15) is 0 Å². The standard InChI is InChI=1S/C5H12ClNO2/c6-3-5(9)4-7-1-2-8/h5,7-9H,1-4H2. The van der Waals surface area contributed by atoms with E-state index in [2.05, 4.69) is 5.32 Å². The minimum Gasteiger partial charge on any atom is -0.395 e. The van der Waals surface area contributed by atoms with Crippen LogP contribution >= 0.6 is 11.6 Å². The first kappa shape index (κ1) is 9.17. The first-order valence-corrected chi connectivity index (χ1v) is 3.40. The molecule has 0 radical (unpaired) electrons. The summed E-state index contributed by atoms with van der Waals surface area (Å²) in [6.45, 7) is 1.05. The Balaban J connectivity index is 2.88. The summed E-state index contributed by atoms with van der Waals surface area (Å²) < 4.78 is 0. The van der Waals surface area contributed by atoms with Crippen LogP contribution in [-0.4, -0.2) is 41.9 Å². The summed E-state index contributed by atoms with van der Waals surface area (Å²) in [5.41, 5.74) is 0. The van der Waals surface area contributed by atoms with Crippen LogP contribution in [0.25, 0.3) is 0 Å². The Morgan fingerprint density at radius 2 is 2.22 bits per heavy atom. The molecule has 0 aliphatic rings. The maximum absolute atomic E-state index is 8.81. The maximum Gasteiger partial charge on any atom is 0.0799 e. The van der Waals surface area contributed by atoms with Crippen molar-refractivity contribution in [3.63, 3.8) is 0 Å². The second kappa shape index (κ2) is 6.29. The highest BCUT2D eigenvalue weighted by molar-refractivity contribution is 6.18. The van der Waals surface area contributed by atoms with E-state index in [0.717, 1.165) is 0 Å². The van der Waals surface area contributed by atoms with Crippen LogP contribution in [-0.2, 0) is 0 Å². The molecule has 0 amide bonds. The Labute approximate surface area is 59.6 Å². The largest absolute Gasteiger partial charge is 0.395 e. The van der Waals surface area contributed by atoms with E-state index in [-0.39, 0.29) is 12.5 Å². The molecular formula is C5H12ClNO2. The fraction of sp³-hybridized carbons (Fsp3) is 1.00. The third-order valence-corrected chi connectivity index (χ3v) is 1.20. The van der Waals surface area contributed by atoms with Gasteiger partial charge in [0, 0.05) is 19.0 Å². The van der Waals surface area contributed by atoms with Crippen molar-refractivity contribution < 1.29 is 10.2 Å². The first-order chi connectivity index (χ1) is 4.31. The molecule has 0 rings (SSSR count). The second-order valence-corrected chi connectivity index (χ2v) is 2.04. The number of alkyl halides is 1. The number of nitrogens with one attached hydrogen (secondary N) is 1. The predicted octanol–water partition coefficient (Wildman–Crippen LogP) is -0.832. The van der Waals surface area contributed by atoms with Gasteiger partial charge in [0.25, 0.3) is 0 Å². The van der Waals surface area contributed by atoms with Gasteiger partial charge in [-0.15, -0.1) is 11.6 Å². The van der Waals surface area contributed by atoms with Crippen LogP contribution in [0.3, 0.4) is 0 Å². The summed E-state index contributed by atoms with van der Waals surface area (Å²) in [7, 11) is 0. The van der Waals surface area contributed by atoms with Crippen LogP contribution in [0, 0.1) is 0 Å². The van der Waals surface area contributed by atoms with Gasteiger partial charge in [0.1, 0.15) is 0 Å². The van der Waals surface area contributed by atoms with Gasteiger partial charge in [0.2, 0.25) is 0 Å². The lowest BCUT2D eigenvalue weighted by molar-refractivity contribution is 0.189. The van der Waals surface area contributed by atoms with E-state index < -0.39 is 6.10 Å². The quantitative estimate of drug-likeness (QED) is 0.357. The zero-order valence-electron chi connectivity index (χ0n) is 5.18. The van der Waals surface area contributed by atoms with Gasteiger partial charge in [0.05, 0.1) is 12.7 Å². The molecule has 0 aromatic carbocycles. The zero-order valence-corrected chi connectivity index (χ0v) is 5.93. The summed E-state index contributed by atoms with van der Waals surface area (Å²) in [6, 6.07) is 0. The van der Waals surface area contributed by atoms with Crippen molar-refractivity contribution in [3.05, 3.63) is 0 Å². The van der Waals surface area contributed by atoms with Crippen molar-refractivity contribution in [3.8, 4) is 0 Å². The molecule has 0 aliphatic heterocycles. The van der Waals surface area contributed by atoms with Crippen LogP contribution in [0.15, 0.2) is 0 Å². The van der Waals surface area contributed by atoms with Crippen LogP contribution in [0.4, 0.5) is 0 Å². The topological polar surface area (TPSA) is 52.5 Å². The van der Waals surface area contributed by atoms with Crippen molar-refractivity contribution in [2.24, 2.45) is 0 Å². The fourth-order valence-electron chi connectivity index (χ4n) is 0.402. The number of aliphatic hydroxyl groups excluding tert-OH is 2. The van der Waals surface area contributed by atoms with E-state index >= 15 is 0 Å². The van der Waals surface area contributed by atoms with Crippen LogP contribution in [0.5, 0.6) is 0 Å². The monoisotopic (exact) mass is 153 g/mol. The Morgan fingerprint density at radius 1 is 1.56 bits per heavy atom. The molecule has 4 heteroatoms. The van der Waals surface area contributed by atoms with Gasteiger partial charge in [-0.05, 0) is 0 Å². The number of hydrogen-bond donors (Lipinski definition) is 3. The molecule has 0 heterocycles. The average molecular weight is 154 g/mol. The lowest BCUT2D eigenvalue weighted by Gasteiger charge is -2.05. The third-order valence-electron chi connectivity index (χ3n) is 0.847. The van der Waals surface area contributed by atoms with Gasteiger partial charge in [-0.2, -0.15) is 0 Å². The SMILES string of the molecule is OCCNCC(O)CCl. The molecule has 0 aromatic heterocycles. The summed E-state index contributed by atoms with van der Waals surface area (Å²) in [5.74, 6) is 0.235. The molecule has 3 N–H and O–H groups in total. The number of halogens is 1. The lowest BCUT2D eigenvalue weighted by Crippen LogP contribution is -2.29. The van der Waals surface area contributed by atoms with E-state index in [1.807, 2.05) is 0 Å². The predicted molar refractivity (Wildman–Crippen MR) is 36.7 cm³/mol. The van der Waals surface area contributed by atoms with Crippen molar-refractivity contribution in [1.29, 1.82) is 0 Å². The van der Waals surface area contributed by atoms with Gasteiger partial charge in [-0.25, -0.2) is 0 Å². The van der Waals surface area contributed by atoms with E-state index in [1.54, 1.807) is 0 Å². The molecule has 0 aromatic rings. The second-order valence-electron chi connectivity index (χ2n) is 1.74. The van der Waals surface area contributed by atoms with E-state index in [9.17, 15) is 0 Å². The zero-order chi connectivity index (χ0) is 7.11. The first-order valence-electron chi connectivity index (χ1n) is 2.87. The van der Waals surface area contributed by atoms with E-state index in [4.69, 9.17) is 21.8 Å². The molecule has 9 heavy (non-hydrogen) atoms. The molecule has 3 nitrogen and oxygen atoms in total. The van der Waals surface area contributed by atoms with Gasteiger partial charge in [0.15, 0.2) is 0 Å². The summed E-state index contributed by atoms with van der Waals surface area (Å²) in [5, 5.41) is 19.9. The fourth-order valence-corrected chi connectivity index (χ4v) is 0.511. The molecule has 0 bridgehead atoms. The highest BCUT2D eigenvalue weighted by Gasteiger charge is 1.98. The van der Waals surface area contributed by atoms with Gasteiger partial charge in [-0.1, -0.05) is 0 Å². The van der Waals surface area contributed by atoms with Gasteiger partial charge < -0.3 is 15.5 Å². The smallest absolute Gasteiger partial charge is 0.0799 e. The van der Waals surface area contributed by atoms with Crippen LogP contribution in [0.2, 0.25) is 0 Å². The van der Waals surface area contributed by atoms with Crippen molar-refractivity contribution in [2.45, 2.75) is 6.10 Å². The van der Waals surface area contributed by atoms with Crippen LogP contribution < -0.4 is 5.32 Å². The molecule has 0 aliphatic carbocycles. The molecule has 56 valence electrons. The van der Waals surface area contributed by atoms with Crippen molar-refractivity contribution in [2.75, 3.05) is 25.6 Å². The Hall–Kier alpha value is 0.170. The van der Waals surface area contributed by atoms with E-state index in [0.29, 0.717) is 13.1 Å². The summed E-state index contributed by atoms with van der Waals surface area (Å²) in [6.07, 6.45) is -0.502. The normalized spacial score (nSPS) is 13.7. The number of aliphatic hydroxyl groups is 2. The van der Waals surface area contributed by atoms with Crippen molar-refractivity contribution in [1.82, 2.24) is 5.32 Å². The molecule has 1 unspecified atom stereocenters. The number of rotatable bonds is 5. The highest BCUT2D eigenvalue weighted by atomic mass is 35.5. The molecule has 1 atom stereocenters. The number of hydrogen-bond acceptors (Lipinski definition) is 3. The summed E-state index contributed by atoms with van der Waals surface area (Å²) >= 11 is 5.28. The Morgan fingerprint density at radius 3 is 2.67 bits per heavy atom. The third kappa shape index (κ3) is 6.05. The maximum atomic E-state index is 8.81. The average Bonchev–Trinajstić information content (AvgIpc) is 1.89. The highest BCUT2D eigenvalue weighted by Crippen LogP contribution is 1.83. The Bertz CT molecular complexity index is 62.9. The molecule has 0 fully saturated rings. The molecule has 0 spiro atoms.